The zero-order valence-electron chi connectivity index (χ0n) is 45.2. The van der Waals surface area contributed by atoms with Gasteiger partial charge in [-0.25, -0.2) is 4.79 Å². The molecule has 0 unspecified atom stereocenters. The van der Waals surface area contributed by atoms with E-state index in [1.807, 2.05) is 20.8 Å². The fourth-order valence-electron chi connectivity index (χ4n) is 8.62. The van der Waals surface area contributed by atoms with E-state index in [2.05, 4.69) is 26.1 Å². The molecule has 0 rings (SSSR count). The normalized spacial score (nSPS) is 12.5. The molecule has 396 valence electrons. The number of amides is 1. The lowest BCUT2D eigenvalue weighted by Crippen LogP contribution is -2.46. The number of rotatable bonds is 51. The maximum Gasteiger partial charge on any atom is 0.330 e. The smallest absolute Gasteiger partial charge is 0.330 e. The van der Waals surface area contributed by atoms with Gasteiger partial charge in [0.05, 0.1) is 0 Å². The molecule has 0 bridgehead atoms. The van der Waals surface area contributed by atoms with Gasteiger partial charge in [0.15, 0.2) is 0 Å². The van der Waals surface area contributed by atoms with E-state index in [0.29, 0.717) is 25.0 Å². The lowest BCUT2D eigenvalue weighted by atomic mass is 10.0. The van der Waals surface area contributed by atoms with Gasteiger partial charge < -0.3 is 19.5 Å². The van der Waals surface area contributed by atoms with Gasteiger partial charge in [0, 0.05) is 30.8 Å². The second-order valence-corrected chi connectivity index (χ2v) is 22.0. The first-order valence-corrected chi connectivity index (χ1v) is 30.1. The van der Waals surface area contributed by atoms with Gasteiger partial charge in [-0.15, -0.1) is 0 Å². The topological polar surface area (TPSA) is 108 Å². The molecule has 0 heterocycles. The summed E-state index contributed by atoms with van der Waals surface area (Å²) in [7, 11) is 0. The lowest BCUT2D eigenvalue weighted by molar-refractivity contribution is -0.158. The fourth-order valence-corrected chi connectivity index (χ4v) is 9.64. The number of hydrogen-bond acceptors (Lipinski definition) is 8. The number of esters is 3. The van der Waals surface area contributed by atoms with Gasteiger partial charge in [-0.3, -0.25) is 14.4 Å². The van der Waals surface area contributed by atoms with Crippen LogP contribution in [0.25, 0.3) is 0 Å². The van der Waals surface area contributed by atoms with E-state index in [9.17, 15) is 19.2 Å². The molecule has 9 heteroatoms. The van der Waals surface area contributed by atoms with Crippen LogP contribution in [0.15, 0.2) is 0 Å². The summed E-state index contributed by atoms with van der Waals surface area (Å²) in [5.74, 6) is -0.571. The summed E-state index contributed by atoms with van der Waals surface area (Å²) in [6.45, 7) is 12.2. The summed E-state index contributed by atoms with van der Waals surface area (Å²) in [4.78, 5) is 52.3. The van der Waals surface area contributed by atoms with Crippen LogP contribution in [-0.2, 0) is 33.4 Å². The molecule has 0 saturated heterocycles. The number of unbranched alkanes of at least 4 members (excludes halogenated alkanes) is 36. The molecule has 0 saturated carbocycles. The highest BCUT2D eigenvalue weighted by Crippen LogP contribution is 2.19. The molecule has 0 aromatic heterocycles. The molecule has 0 aromatic rings. The zero-order chi connectivity index (χ0) is 49.3. The van der Waals surface area contributed by atoms with Gasteiger partial charge in [-0.05, 0) is 40.0 Å². The van der Waals surface area contributed by atoms with Crippen LogP contribution >= 0.6 is 11.8 Å². The quantitative estimate of drug-likeness (QED) is 0.0365. The Hall–Kier alpha value is -1.77. The third kappa shape index (κ3) is 49.0. The van der Waals surface area contributed by atoms with Crippen LogP contribution in [0.1, 0.15) is 311 Å². The SMILES string of the molecule is CCCCCCCCCCCCCCCC(=O)N[C@@H](CSC[C@@H](COC(=O)CCCCCCCCCCCCCCC)OC(=O)CCCCCCCCCCCCCCC)C(=O)OC(C)(C)C. The highest BCUT2D eigenvalue weighted by Gasteiger charge is 2.28. The minimum Gasteiger partial charge on any atom is -0.462 e. The van der Waals surface area contributed by atoms with Crippen molar-refractivity contribution in [2.75, 3.05) is 18.1 Å². The molecule has 1 amide bonds. The van der Waals surface area contributed by atoms with Crippen LogP contribution in [-0.4, -0.2) is 59.7 Å². The largest absolute Gasteiger partial charge is 0.462 e. The van der Waals surface area contributed by atoms with Gasteiger partial charge in [0.25, 0.3) is 0 Å². The first-order valence-electron chi connectivity index (χ1n) is 29.0. The molecular weight excluding hydrogens is 855 g/mol. The summed E-state index contributed by atoms with van der Waals surface area (Å²) >= 11 is 1.41. The van der Waals surface area contributed by atoms with E-state index in [4.69, 9.17) is 14.2 Å². The van der Waals surface area contributed by atoms with E-state index < -0.39 is 23.7 Å². The molecule has 0 spiro atoms. The Labute approximate surface area is 419 Å². The number of hydrogen-bond donors (Lipinski definition) is 1. The number of carbonyl (C=O) groups is 4. The van der Waals surface area contributed by atoms with Crippen molar-refractivity contribution in [3.63, 3.8) is 0 Å². The first-order chi connectivity index (χ1) is 32.5. The second kappa shape index (κ2) is 49.2. The van der Waals surface area contributed by atoms with Gasteiger partial charge in [-0.2, -0.15) is 11.8 Å². The summed E-state index contributed by atoms with van der Waals surface area (Å²) in [6, 6.07) is -0.834. The number of carbonyl (C=O) groups excluding carboxylic acids is 4. The van der Waals surface area contributed by atoms with Crippen molar-refractivity contribution in [3.8, 4) is 0 Å². The predicted octanol–water partition coefficient (Wildman–Crippen LogP) is 17.4. The van der Waals surface area contributed by atoms with E-state index >= 15 is 0 Å². The van der Waals surface area contributed by atoms with Crippen LogP contribution in [0.3, 0.4) is 0 Å². The zero-order valence-corrected chi connectivity index (χ0v) is 46.1. The van der Waals surface area contributed by atoms with Gasteiger partial charge in [-0.1, -0.05) is 252 Å². The number of thioether (sulfide) groups is 1. The van der Waals surface area contributed by atoms with Crippen LogP contribution < -0.4 is 5.32 Å². The number of ether oxygens (including phenoxy) is 3. The van der Waals surface area contributed by atoms with E-state index in [1.165, 1.54) is 204 Å². The molecule has 0 fully saturated rings. The third-order valence-corrected chi connectivity index (χ3v) is 14.0. The highest BCUT2D eigenvalue weighted by atomic mass is 32.2. The van der Waals surface area contributed by atoms with Crippen molar-refractivity contribution in [1.82, 2.24) is 5.32 Å². The minimum atomic E-state index is -0.834. The van der Waals surface area contributed by atoms with Crippen molar-refractivity contribution < 1.29 is 33.4 Å². The van der Waals surface area contributed by atoms with Crippen molar-refractivity contribution in [3.05, 3.63) is 0 Å². The molecule has 0 aliphatic rings. The van der Waals surface area contributed by atoms with E-state index in [-0.39, 0.29) is 30.2 Å². The Kier molecular flexibility index (Phi) is 47.9. The average Bonchev–Trinajstić information content (AvgIpc) is 3.29. The van der Waals surface area contributed by atoms with E-state index in [1.54, 1.807) is 0 Å². The summed E-state index contributed by atoms with van der Waals surface area (Å²) in [5.41, 5.74) is -0.702. The van der Waals surface area contributed by atoms with Crippen LogP contribution in [0, 0.1) is 0 Å². The molecule has 0 aliphatic carbocycles. The third-order valence-electron chi connectivity index (χ3n) is 12.8. The maximum absolute atomic E-state index is 13.3. The number of nitrogens with one attached hydrogen (secondary N) is 1. The Balaban J connectivity index is 4.93. The van der Waals surface area contributed by atoms with Crippen LogP contribution in [0.4, 0.5) is 0 Å². The average molecular weight is 967 g/mol. The molecule has 0 radical (unpaired) electrons. The molecule has 0 aromatic carbocycles. The van der Waals surface area contributed by atoms with Crippen molar-refractivity contribution in [2.45, 2.75) is 329 Å². The summed E-state index contributed by atoms with van der Waals surface area (Å²) < 4.78 is 17.3. The monoisotopic (exact) mass is 966 g/mol. The fraction of sp³-hybridized carbons (Fsp3) is 0.931. The van der Waals surface area contributed by atoms with Gasteiger partial charge >= 0.3 is 17.9 Å². The molecule has 0 aliphatic heterocycles. The molecular formula is C58H111NO7S. The van der Waals surface area contributed by atoms with Crippen LogP contribution in [0.2, 0.25) is 0 Å². The minimum absolute atomic E-state index is 0.0167. The molecule has 67 heavy (non-hydrogen) atoms. The van der Waals surface area contributed by atoms with Gasteiger partial charge in [0.1, 0.15) is 24.4 Å². The van der Waals surface area contributed by atoms with Crippen molar-refractivity contribution in [1.29, 1.82) is 0 Å². The predicted molar refractivity (Wildman–Crippen MR) is 287 cm³/mol. The summed E-state index contributed by atoms with van der Waals surface area (Å²) in [5, 5.41) is 2.95. The van der Waals surface area contributed by atoms with Crippen molar-refractivity contribution in [2.24, 2.45) is 0 Å². The molecule has 1 N–H and O–H groups in total. The molecule has 8 nitrogen and oxygen atoms in total. The van der Waals surface area contributed by atoms with E-state index in [0.717, 1.165) is 57.8 Å². The Bertz CT molecular complexity index is 1130. The Morgan fingerprint density at radius 1 is 0.418 bits per heavy atom. The molecule has 2 atom stereocenters. The lowest BCUT2D eigenvalue weighted by Gasteiger charge is -2.25. The Morgan fingerprint density at radius 2 is 0.731 bits per heavy atom. The second-order valence-electron chi connectivity index (χ2n) is 21.0. The highest BCUT2D eigenvalue weighted by molar-refractivity contribution is 7.99. The Morgan fingerprint density at radius 3 is 1.07 bits per heavy atom. The first kappa shape index (κ1) is 65.2. The maximum atomic E-state index is 13.3. The summed E-state index contributed by atoms with van der Waals surface area (Å²) in [6.07, 6.45) is 48.8. The van der Waals surface area contributed by atoms with Gasteiger partial charge in [0.2, 0.25) is 5.91 Å². The van der Waals surface area contributed by atoms with Crippen LogP contribution in [0.5, 0.6) is 0 Å². The standard InChI is InChI=1S/C58H111NO7S/c1-7-10-13-16-19-22-25-28-31-34-37-40-43-46-54(60)59-53(57(63)66-58(4,5)6)51-67-50-52(65-56(62)48-45-42-39-36-33-30-27-24-21-18-15-12-9-3)49-64-55(61)47-44-41-38-35-32-29-26-23-20-17-14-11-8-2/h52-53H,7-51H2,1-6H3,(H,59,60)/t52-,53+/m1/s1. The van der Waals surface area contributed by atoms with Crippen molar-refractivity contribution >= 4 is 35.6 Å².